The van der Waals surface area contributed by atoms with E-state index >= 15 is 0 Å². The molecule has 0 saturated heterocycles. The van der Waals surface area contributed by atoms with Crippen molar-refractivity contribution < 1.29 is 25.5 Å². The van der Waals surface area contributed by atoms with E-state index in [1.165, 1.54) is 0 Å². The first-order chi connectivity index (χ1) is 6.00. The Labute approximate surface area is 76.3 Å². The van der Waals surface area contributed by atoms with Gasteiger partial charge in [0, 0.05) is 5.92 Å². The molecule has 78 valence electrons. The minimum Gasteiger partial charge on any atom is -0.390 e. The third-order valence-electron chi connectivity index (χ3n) is 2.75. The monoisotopic (exact) mass is 192 g/mol. The quantitative estimate of drug-likeness (QED) is 0.325. The van der Waals surface area contributed by atoms with Crippen LogP contribution in [-0.2, 0) is 0 Å². The zero-order chi connectivity index (χ0) is 10.2. The minimum absolute atomic E-state index is 0.434. The van der Waals surface area contributed by atoms with Gasteiger partial charge in [0.1, 0.15) is 18.3 Å². The van der Waals surface area contributed by atoms with E-state index in [4.69, 9.17) is 0 Å². The topological polar surface area (TPSA) is 101 Å². The van der Waals surface area contributed by atoms with Crippen LogP contribution >= 0.6 is 0 Å². The Morgan fingerprint density at radius 2 is 1.00 bits per heavy atom. The van der Waals surface area contributed by atoms with Gasteiger partial charge in [-0.3, -0.25) is 0 Å². The van der Waals surface area contributed by atoms with E-state index < -0.39 is 36.4 Å². The van der Waals surface area contributed by atoms with E-state index in [0.29, 0.717) is 6.42 Å². The summed E-state index contributed by atoms with van der Waals surface area (Å²) in [6, 6.07) is 0. The molecule has 0 aromatic carbocycles. The summed E-state index contributed by atoms with van der Waals surface area (Å²) in [7, 11) is 0. The van der Waals surface area contributed by atoms with Gasteiger partial charge in [0.2, 0.25) is 0 Å². The van der Waals surface area contributed by atoms with Crippen molar-refractivity contribution >= 4 is 0 Å². The van der Waals surface area contributed by atoms with E-state index in [1.54, 1.807) is 6.92 Å². The molecular weight excluding hydrogens is 176 g/mol. The van der Waals surface area contributed by atoms with E-state index in [0.717, 1.165) is 0 Å². The lowest BCUT2D eigenvalue weighted by atomic mass is 9.77. The van der Waals surface area contributed by atoms with Gasteiger partial charge in [0.05, 0.1) is 12.2 Å². The van der Waals surface area contributed by atoms with E-state index in [1.807, 2.05) is 0 Å². The Morgan fingerprint density at radius 1 is 0.692 bits per heavy atom. The van der Waals surface area contributed by atoms with Gasteiger partial charge in [0.25, 0.3) is 0 Å². The molecule has 5 nitrogen and oxygen atoms in total. The van der Waals surface area contributed by atoms with Crippen LogP contribution in [-0.4, -0.2) is 56.1 Å². The van der Waals surface area contributed by atoms with Crippen molar-refractivity contribution in [3.05, 3.63) is 0 Å². The molecule has 0 aromatic heterocycles. The van der Waals surface area contributed by atoms with Crippen LogP contribution in [0.15, 0.2) is 0 Å². The maximum atomic E-state index is 9.41. The van der Waals surface area contributed by atoms with Crippen LogP contribution in [0.2, 0.25) is 0 Å². The molecule has 5 heteroatoms. The van der Waals surface area contributed by atoms with Gasteiger partial charge in [-0.2, -0.15) is 0 Å². The molecule has 0 amide bonds. The molecule has 1 aliphatic rings. The molecule has 0 heterocycles. The summed E-state index contributed by atoms with van der Waals surface area (Å²) in [6.07, 6.45) is -6.18. The maximum Gasteiger partial charge on any atom is 0.111 e. The first-order valence-electron chi connectivity index (χ1n) is 4.41. The van der Waals surface area contributed by atoms with Crippen molar-refractivity contribution in [1.82, 2.24) is 0 Å². The van der Waals surface area contributed by atoms with Crippen molar-refractivity contribution in [2.45, 2.75) is 43.9 Å². The summed E-state index contributed by atoms with van der Waals surface area (Å²) in [5.41, 5.74) is 0. The molecule has 0 spiro atoms. The molecule has 0 radical (unpaired) electrons. The van der Waals surface area contributed by atoms with Crippen LogP contribution < -0.4 is 0 Å². The maximum absolute atomic E-state index is 9.41. The van der Waals surface area contributed by atoms with Crippen molar-refractivity contribution in [2.24, 2.45) is 5.92 Å². The molecular formula is C8H16O5. The summed E-state index contributed by atoms with van der Waals surface area (Å²) in [5.74, 6) is -0.589. The summed E-state index contributed by atoms with van der Waals surface area (Å²) in [6.45, 7) is 1.73. The normalized spacial score (nSPS) is 52.2. The molecule has 1 aliphatic carbocycles. The standard InChI is InChI=1S/C8H16O5/c1-2-3-4(9)6(11)8(13)7(12)5(3)10/h3-13H,2H2,1H3/t3?,4-,5+,6+,7-,8?. The summed E-state index contributed by atoms with van der Waals surface area (Å²) >= 11 is 0. The smallest absolute Gasteiger partial charge is 0.111 e. The van der Waals surface area contributed by atoms with E-state index in [-0.39, 0.29) is 0 Å². The minimum atomic E-state index is -1.48. The van der Waals surface area contributed by atoms with Gasteiger partial charge in [-0.05, 0) is 6.42 Å². The zero-order valence-electron chi connectivity index (χ0n) is 7.41. The molecule has 5 N–H and O–H groups in total. The van der Waals surface area contributed by atoms with E-state index in [9.17, 15) is 25.5 Å². The first-order valence-corrected chi connectivity index (χ1v) is 4.41. The van der Waals surface area contributed by atoms with Gasteiger partial charge < -0.3 is 25.5 Å². The Kier molecular flexibility index (Phi) is 3.26. The zero-order valence-corrected chi connectivity index (χ0v) is 7.41. The highest BCUT2D eigenvalue weighted by Gasteiger charge is 2.47. The Bertz CT molecular complexity index is 158. The van der Waals surface area contributed by atoms with Gasteiger partial charge >= 0.3 is 0 Å². The molecule has 0 bridgehead atoms. The number of hydrogen-bond donors (Lipinski definition) is 5. The van der Waals surface area contributed by atoms with Crippen LogP contribution in [0.3, 0.4) is 0 Å². The summed E-state index contributed by atoms with van der Waals surface area (Å²) < 4.78 is 0. The predicted molar refractivity (Wildman–Crippen MR) is 43.8 cm³/mol. The molecule has 2 unspecified atom stereocenters. The fraction of sp³-hybridized carbons (Fsp3) is 1.00. The predicted octanol–water partition coefficient (Wildman–Crippen LogP) is -2.17. The second kappa shape index (κ2) is 3.89. The lowest BCUT2D eigenvalue weighted by Gasteiger charge is -2.41. The lowest BCUT2D eigenvalue weighted by molar-refractivity contribution is -0.204. The van der Waals surface area contributed by atoms with Gasteiger partial charge in [-0.25, -0.2) is 0 Å². The van der Waals surface area contributed by atoms with E-state index in [2.05, 4.69) is 0 Å². The van der Waals surface area contributed by atoms with Crippen molar-refractivity contribution in [3.8, 4) is 0 Å². The fourth-order valence-electron chi connectivity index (χ4n) is 1.80. The number of aliphatic hydroxyl groups is 5. The van der Waals surface area contributed by atoms with Crippen molar-refractivity contribution in [1.29, 1.82) is 0 Å². The molecule has 1 fully saturated rings. The van der Waals surface area contributed by atoms with Crippen LogP contribution in [0.1, 0.15) is 13.3 Å². The highest BCUT2D eigenvalue weighted by atomic mass is 16.4. The van der Waals surface area contributed by atoms with Crippen LogP contribution in [0, 0.1) is 5.92 Å². The highest BCUT2D eigenvalue weighted by Crippen LogP contribution is 2.28. The Morgan fingerprint density at radius 3 is 1.31 bits per heavy atom. The van der Waals surface area contributed by atoms with Crippen molar-refractivity contribution in [2.75, 3.05) is 0 Å². The first kappa shape index (κ1) is 10.9. The van der Waals surface area contributed by atoms with Gasteiger partial charge in [-0.15, -0.1) is 0 Å². The average molecular weight is 192 g/mol. The molecule has 0 aliphatic heterocycles. The highest BCUT2D eigenvalue weighted by molar-refractivity contribution is 4.97. The van der Waals surface area contributed by atoms with Crippen molar-refractivity contribution in [3.63, 3.8) is 0 Å². The summed E-state index contributed by atoms with van der Waals surface area (Å²) in [5, 5.41) is 46.5. The molecule has 13 heavy (non-hydrogen) atoms. The summed E-state index contributed by atoms with van der Waals surface area (Å²) in [4.78, 5) is 0. The molecule has 1 saturated carbocycles. The third-order valence-corrected chi connectivity index (χ3v) is 2.75. The number of aliphatic hydroxyl groups excluding tert-OH is 5. The van der Waals surface area contributed by atoms with Crippen LogP contribution in [0.5, 0.6) is 0 Å². The Balaban J connectivity index is 2.79. The second-order valence-electron chi connectivity index (χ2n) is 3.53. The average Bonchev–Trinajstić information content (AvgIpc) is 2.13. The fourth-order valence-corrected chi connectivity index (χ4v) is 1.80. The molecule has 1 rings (SSSR count). The van der Waals surface area contributed by atoms with Crippen LogP contribution in [0.4, 0.5) is 0 Å². The van der Waals surface area contributed by atoms with Gasteiger partial charge in [-0.1, -0.05) is 6.92 Å². The molecule has 6 atom stereocenters. The van der Waals surface area contributed by atoms with Crippen LogP contribution in [0.25, 0.3) is 0 Å². The largest absolute Gasteiger partial charge is 0.390 e. The Hall–Kier alpha value is -0.200. The number of rotatable bonds is 1. The SMILES string of the molecule is CCC1[C@@H](O)[C@H](O)C(O)[C@H](O)[C@H]1O. The lowest BCUT2D eigenvalue weighted by Crippen LogP contribution is -2.60. The molecule has 0 aromatic rings. The number of hydrogen-bond acceptors (Lipinski definition) is 5. The second-order valence-corrected chi connectivity index (χ2v) is 3.53. The van der Waals surface area contributed by atoms with Gasteiger partial charge in [0.15, 0.2) is 0 Å². The third kappa shape index (κ3) is 1.70.